The lowest BCUT2D eigenvalue weighted by Crippen LogP contribution is -2.33. The number of para-hydroxylation sites is 2. The van der Waals surface area contributed by atoms with E-state index in [2.05, 4.69) is 62.8 Å². The molecule has 0 aliphatic carbocycles. The number of fused-ring (bicyclic) bond motifs is 1. The molecule has 0 radical (unpaired) electrons. The van der Waals surface area contributed by atoms with E-state index in [0.29, 0.717) is 6.04 Å². The predicted octanol–water partition coefficient (Wildman–Crippen LogP) is 2.36. The Bertz CT molecular complexity index is 633. The minimum Gasteiger partial charge on any atom is -0.373 e. The maximum Gasteiger partial charge on any atom is 0.152 e. The second kappa shape index (κ2) is 5.39. The molecule has 1 aromatic carbocycles. The summed E-state index contributed by atoms with van der Waals surface area (Å²) in [7, 11) is 4.20. The summed E-state index contributed by atoms with van der Waals surface area (Å²) in [6, 6.07) is 9.10. The summed E-state index contributed by atoms with van der Waals surface area (Å²) < 4.78 is 2.07. The third kappa shape index (κ3) is 2.48. The van der Waals surface area contributed by atoms with Gasteiger partial charge in [0.05, 0.1) is 17.9 Å². The summed E-state index contributed by atoms with van der Waals surface area (Å²) >= 11 is 0. The van der Waals surface area contributed by atoms with Crippen LogP contribution in [0.1, 0.15) is 25.0 Å². The molecule has 0 saturated heterocycles. The molecule has 0 N–H and O–H groups in total. The Morgan fingerprint density at radius 1 is 1.14 bits per heavy atom. The molecule has 0 bridgehead atoms. The third-order valence-corrected chi connectivity index (χ3v) is 4.51. The zero-order chi connectivity index (χ0) is 15.0. The van der Waals surface area contributed by atoms with Gasteiger partial charge in [-0.15, -0.1) is 10.2 Å². The molecule has 21 heavy (non-hydrogen) atoms. The lowest BCUT2D eigenvalue weighted by atomic mass is 10.2. The highest BCUT2D eigenvalue weighted by Gasteiger charge is 2.24. The van der Waals surface area contributed by atoms with Gasteiger partial charge in [-0.2, -0.15) is 0 Å². The van der Waals surface area contributed by atoms with Crippen LogP contribution in [0.25, 0.3) is 0 Å². The predicted molar refractivity (Wildman–Crippen MR) is 85.7 cm³/mol. The monoisotopic (exact) mass is 285 g/mol. The largest absolute Gasteiger partial charge is 0.373 e. The Morgan fingerprint density at radius 3 is 2.52 bits per heavy atom. The lowest BCUT2D eigenvalue weighted by molar-refractivity contribution is 0.582. The molecule has 112 valence electrons. The van der Waals surface area contributed by atoms with Gasteiger partial charge in [0, 0.05) is 26.7 Å². The average Bonchev–Trinajstić information content (AvgIpc) is 2.75. The summed E-state index contributed by atoms with van der Waals surface area (Å²) in [6.07, 6.45) is 1.14. The normalized spacial score (nSPS) is 18.6. The molecule has 1 atom stereocenters. The SMILES string of the molecule is Cc1nnc(CN2c3ccccc3N(C)CC[C@H]2C)n1C. The van der Waals surface area contributed by atoms with Crippen molar-refractivity contribution in [3.05, 3.63) is 35.9 Å². The van der Waals surface area contributed by atoms with E-state index in [0.717, 1.165) is 31.2 Å². The third-order valence-electron chi connectivity index (χ3n) is 4.51. The highest BCUT2D eigenvalue weighted by molar-refractivity contribution is 5.72. The second-order valence-electron chi connectivity index (χ2n) is 5.90. The summed E-state index contributed by atoms with van der Waals surface area (Å²) in [4.78, 5) is 4.79. The fraction of sp³-hybridized carbons (Fsp3) is 0.500. The van der Waals surface area contributed by atoms with Gasteiger partial charge in [-0.1, -0.05) is 12.1 Å². The van der Waals surface area contributed by atoms with Crippen LogP contribution in [0.15, 0.2) is 24.3 Å². The van der Waals surface area contributed by atoms with E-state index in [4.69, 9.17) is 0 Å². The van der Waals surface area contributed by atoms with Crippen molar-refractivity contribution in [3.63, 3.8) is 0 Å². The van der Waals surface area contributed by atoms with Gasteiger partial charge in [-0.3, -0.25) is 0 Å². The van der Waals surface area contributed by atoms with Crippen LogP contribution in [0.2, 0.25) is 0 Å². The number of nitrogens with zero attached hydrogens (tertiary/aromatic N) is 5. The molecule has 3 rings (SSSR count). The molecule has 1 aliphatic heterocycles. The Morgan fingerprint density at radius 2 is 1.86 bits per heavy atom. The fourth-order valence-electron chi connectivity index (χ4n) is 2.91. The fourth-order valence-corrected chi connectivity index (χ4v) is 2.91. The first-order chi connectivity index (χ1) is 10.1. The van der Waals surface area contributed by atoms with E-state index in [1.807, 2.05) is 14.0 Å². The smallest absolute Gasteiger partial charge is 0.152 e. The number of hydrogen-bond acceptors (Lipinski definition) is 4. The van der Waals surface area contributed by atoms with Crippen LogP contribution in [0.3, 0.4) is 0 Å². The summed E-state index contributed by atoms with van der Waals surface area (Å²) in [6.45, 7) is 6.15. The van der Waals surface area contributed by atoms with E-state index in [1.54, 1.807) is 0 Å². The molecule has 0 fully saturated rings. The van der Waals surface area contributed by atoms with Crippen molar-refractivity contribution in [2.75, 3.05) is 23.4 Å². The van der Waals surface area contributed by atoms with Gasteiger partial charge in [-0.25, -0.2) is 0 Å². The summed E-state index contributed by atoms with van der Waals surface area (Å²) in [5.41, 5.74) is 2.58. The quantitative estimate of drug-likeness (QED) is 0.849. The van der Waals surface area contributed by atoms with Crippen LogP contribution in [0.5, 0.6) is 0 Å². The number of anilines is 2. The van der Waals surface area contributed by atoms with Gasteiger partial charge < -0.3 is 14.4 Å². The van der Waals surface area contributed by atoms with Crippen molar-refractivity contribution in [1.82, 2.24) is 14.8 Å². The molecule has 0 amide bonds. The number of aryl methyl sites for hydroxylation is 1. The average molecular weight is 285 g/mol. The lowest BCUT2D eigenvalue weighted by Gasteiger charge is -2.30. The van der Waals surface area contributed by atoms with Crippen molar-refractivity contribution >= 4 is 11.4 Å². The maximum absolute atomic E-state index is 4.32. The minimum atomic E-state index is 0.480. The Hall–Kier alpha value is -2.04. The molecule has 1 aromatic heterocycles. The topological polar surface area (TPSA) is 37.2 Å². The van der Waals surface area contributed by atoms with E-state index in [9.17, 15) is 0 Å². The van der Waals surface area contributed by atoms with Crippen molar-refractivity contribution in [1.29, 1.82) is 0 Å². The van der Waals surface area contributed by atoms with E-state index in [1.165, 1.54) is 11.4 Å². The van der Waals surface area contributed by atoms with Gasteiger partial charge in [0.25, 0.3) is 0 Å². The van der Waals surface area contributed by atoms with Crippen molar-refractivity contribution in [2.45, 2.75) is 32.9 Å². The second-order valence-corrected chi connectivity index (χ2v) is 5.90. The van der Waals surface area contributed by atoms with Crippen molar-refractivity contribution in [3.8, 4) is 0 Å². The summed E-state index contributed by atoms with van der Waals surface area (Å²) in [5.74, 6) is 1.97. The van der Waals surface area contributed by atoms with E-state index in [-0.39, 0.29) is 0 Å². The van der Waals surface area contributed by atoms with Crippen LogP contribution in [0.4, 0.5) is 11.4 Å². The van der Waals surface area contributed by atoms with Gasteiger partial charge in [-0.05, 0) is 32.4 Å². The molecular weight excluding hydrogens is 262 g/mol. The maximum atomic E-state index is 4.32. The van der Waals surface area contributed by atoms with Gasteiger partial charge in [0.2, 0.25) is 0 Å². The first-order valence-corrected chi connectivity index (χ1v) is 7.49. The van der Waals surface area contributed by atoms with Crippen LogP contribution in [-0.2, 0) is 13.6 Å². The molecule has 5 nitrogen and oxygen atoms in total. The first kappa shape index (κ1) is 13.9. The highest BCUT2D eigenvalue weighted by Crippen LogP contribution is 2.34. The molecule has 1 aliphatic rings. The Labute approximate surface area is 126 Å². The van der Waals surface area contributed by atoms with Gasteiger partial charge in [0.15, 0.2) is 5.82 Å². The molecule has 0 unspecified atom stereocenters. The zero-order valence-electron chi connectivity index (χ0n) is 13.2. The van der Waals surface area contributed by atoms with Crippen LogP contribution in [-0.4, -0.2) is 34.4 Å². The summed E-state index contributed by atoms with van der Waals surface area (Å²) in [5, 5.41) is 8.50. The van der Waals surface area contributed by atoms with Crippen molar-refractivity contribution in [2.24, 2.45) is 7.05 Å². The van der Waals surface area contributed by atoms with E-state index >= 15 is 0 Å². The molecule has 2 heterocycles. The van der Waals surface area contributed by atoms with Crippen molar-refractivity contribution < 1.29 is 0 Å². The first-order valence-electron chi connectivity index (χ1n) is 7.49. The molecule has 2 aromatic rings. The molecule has 0 saturated carbocycles. The Kier molecular flexibility index (Phi) is 3.57. The molecule has 5 heteroatoms. The van der Waals surface area contributed by atoms with Gasteiger partial charge in [0.1, 0.15) is 5.82 Å². The highest BCUT2D eigenvalue weighted by atomic mass is 15.3. The number of aromatic nitrogens is 3. The standard InChI is InChI=1S/C16H23N5/c1-12-9-10-19(3)14-7-5-6-8-15(14)21(12)11-16-18-17-13(2)20(16)4/h5-8,12H,9-11H2,1-4H3/t12-/m1/s1. The van der Waals surface area contributed by atoms with Gasteiger partial charge >= 0.3 is 0 Å². The van der Waals surface area contributed by atoms with E-state index < -0.39 is 0 Å². The van der Waals surface area contributed by atoms with Crippen LogP contribution < -0.4 is 9.80 Å². The number of benzene rings is 1. The van der Waals surface area contributed by atoms with Crippen LogP contribution in [0, 0.1) is 6.92 Å². The Balaban J connectivity index is 1.99. The molecule has 0 spiro atoms. The number of rotatable bonds is 2. The van der Waals surface area contributed by atoms with Crippen LogP contribution >= 0.6 is 0 Å². The minimum absolute atomic E-state index is 0.480. The number of hydrogen-bond donors (Lipinski definition) is 0. The zero-order valence-corrected chi connectivity index (χ0v) is 13.2. The molecular formula is C16H23N5.